The standard InChI is InChI=1S/C14H13BrN2/c15-13-7-6-12-9-16-17(14(12)8-13)10-11-4-2-1-3-5-11/h1-8,16H,9-10H2. The second-order valence-corrected chi connectivity index (χ2v) is 5.10. The number of rotatable bonds is 2. The Morgan fingerprint density at radius 3 is 2.76 bits per heavy atom. The van der Waals surface area contributed by atoms with Gasteiger partial charge in [0.2, 0.25) is 0 Å². The van der Waals surface area contributed by atoms with Gasteiger partial charge in [-0.2, -0.15) is 0 Å². The molecular weight excluding hydrogens is 276 g/mol. The van der Waals surface area contributed by atoms with Crippen molar-refractivity contribution in [1.82, 2.24) is 5.43 Å². The quantitative estimate of drug-likeness (QED) is 0.910. The molecule has 0 spiro atoms. The molecule has 0 unspecified atom stereocenters. The van der Waals surface area contributed by atoms with Crippen molar-refractivity contribution in [2.45, 2.75) is 13.1 Å². The third-order valence-electron chi connectivity index (χ3n) is 2.98. The van der Waals surface area contributed by atoms with Crippen molar-refractivity contribution in [2.24, 2.45) is 0 Å². The van der Waals surface area contributed by atoms with Crippen LogP contribution in [0.3, 0.4) is 0 Å². The van der Waals surface area contributed by atoms with Gasteiger partial charge in [-0.25, -0.2) is 5.43 Å². The van der Waals surface area contributed by atoms with Gasteiger partial charge >= 0.3 is 0 Å². The molecule has 2 aromatic rings. The van der Waals surface area contributed by atoms with E-state index in [0.29, 0.717) is 0 Å². The molecule has 0 aliphatic carbocycles. The summed E-state index contributed by atoms with van der Waals surface area (Å²) in [6, 6.07) is 16.9. The van der Waals surface area contributed by atoms with Crippen molar-refractivity contribution < 1.29 is 0 Å². The highest BCUT2D eigenvalue weighted by atomic mass is 79.9. The summed E-state index contributed by atoms with van der Waals surface area (Å²) >= 11 is 3.52. The molecule has 2 nitrogen and oxygen atoms in total. The number of anilines is 1. The molecule has 0 atom stereocenters. The molecule has 0 fully saturated rings. The predicted octanol–water partition coefficient (Wildman–Crippen LogP) is 3.47. The molecule has 0 bridgehead atoms. The van der Waals surface area contributed by atoms with Crippen LogP contribution >= 0.6 is 15.9 Å². The number of hydrogen-bond acceptors (Lipinski definition) is 2. The van der Waals surface area contributed by atoms with Gasteiger partial charge in [-0.05, 0) is 23.3 Å². The van der Waals surface area contributed by atoms with Gasteiger partial charge in [0.15, 0.2) is 0 Å². The maximum atomic E-state index is 3.52. The van der Waals surface area contributed by atoms with E-state index >= 15 is 0 Å². The normalized spacial score (nSPS) is 13.8. The van der Waals surface area contributed by atoms with Crippen molar-refractivity contribution >= 4 is 21.6 Å². The monoisotopic (exact) mass is 288 g/mol. The molecule has 2 aromatic carbocycles. The zero-order chi connectivity index (χ0) is 11.7. The minimum Gasteiger partial charge on any atom is -0.303 e. The number of fused-ring (bicyclic) bond motifs is 1. The van der Waals surface area contributed by atoms with Crippen LogP contribution in [0.25, 0.3) is 0 Å². The van der Waals surface area contributed by atoms with Gasteiger partial charge in [0.1, 0.15) is 0 Å². The molecule has 0 radical (unpaired) electrons. The zero-order valence-corrected chi connectivity index (χ0v) is 10.9. The van der Waals surface area contributed by atoms with Gasteiger partial charge < -0.3 is 5.01 Å². The van der Waals surface area contributed by atoms with Crippen LogP contribution in [0, 0.1) is 0 Å². The fourth-order valence-corrected chi connectivity index (χ4v) is 2.46. The smallest absolute Gasteiger partial charge is 0.0595 e. The first-order valence-electron chi connectivity index (χ1n) is 5.66. The molecule has 3 heteroatoms. The number of nitrogens with one attached hydrogen (secondary N) is 1. The van der Waals surface area contributed by atoms with E-state index in [4.69, 9.17) is 0 Å². The van der Waals surface area contributed by atoms with Gasteiger partial charge in [0, 0.05) is 11.0 Å². The van der Waals surface area contributed by atoms with E-state index in [0.717, 1.165) is 17.6 Å². The number of benzene rings is 2. The Morgan fingerprint density at radius 1 is 1.12 bits per heavy atom. The highest BCUT2D eigenvalue weighted by Crippen LogP contribution is 2.29. The lowest BCUT2D eigenvalue weighted by Gasteiger charge is -2.19. The summed E-state index contributed by atoms with van der Waals surface area (Å²) < 4.78 is 1.12. The number of hydrogen-bond donors (Lipinski definition) is 1. The Balaban J connectivity index is 1.86. The van der Waals surface area contributed by atoms with Crippen LogP contribution in [0.2, 0.25) is 0 Å². The lowest BCUT2D eigenvalue weighted by atomic mass is 10.2. The van der Waals surface area contributed by atoms with Crippen LogP contribution in [0.4, 0.5) is 5.69 Å². The van der Waals surface area contributed by atoms with Crippen molar-refractivity contribution in [3.63, 3.8) is 0 Å². The first kappa shape index (κ1) is 10.8. The summed E-state index contributed by atoms with van der Waals surface area (Å²) in [4.78, 5) is 0. The van der Waals surface area contributed by atoms with Crippen LogP contribution in [-0.4, -0.2) is 0 Å². The van der Waals surface area contributed by atoms with E-state index in [2.05, 4.69) is 68.8 Å². The summed E-state index contributed by atoms with van der Waals surface area (Å²) in [6.07, 6.45) is 0. The largest absolute Gasteiger partial charge is 0.303 e. The van der Waals surface area contributed by atoms with Crippen molar-refractivity contribution in [3.05, 3.63) is 64.1 Å². The number of hydrazine groups is 1. The van der Waals surface area contributed by atoms with Crippen molar-refractivity contribution in [3.8, 4) is 0 Å². The van der Waals surface area contributed by atoms with E-state index in [1.54, 1.807) is 0 Å². The SMILES string of the molecule is Brc1ccc2c(c1)N(Cc1ccccc1)NC2. The molecular formula is C14H13BrN2. The van der Waals surface area contributed by atoms with E-state index < -0.39 is 0 Å². The van der Waals surface area contributed by atoms with Gasteiger partial charge in [0.25, 0.3) is 0 Å². The predicted molar refractivity (Wildman–Crippen MR) is 73.6 cm³/mol. The van der Waals surface area contributed by atoms with Crippen molar-refractivity contribution in [1.29, 1.82) is 0 Å². The molecule has 0 saturated heterocycles. The van der Waals surface area contributed by atoms with Crippen LogP contribution < -0.4 is 10.4 Å². The summed E-state index contributed by atoms with van der Waals surface area (Å²) in [7, 11) is 0. The van der Waals surface area contributed by atoms with Crippen LogP contribution in [-0.2, 0) is 13.1 Å². The zero-order valence-electron chi connectivity index (χ0n) is 9.36. The minimum absolute atomic E-state index is 0.893. The van der Waals surface area contributed by atoms with Gasteiger partial charge in [-0.15, -0.1) is 0 Å². The Hall–Kier alpha value is -1.32. The Morgan fingerprint density at radius 2 is 1.94 bits per heavy atom. The molecule has 1 aliphatic heterocycles. The Labute approximate surface area is 109 Å². The first-order valence-corrected chi connectivity index (χ1v) is 6.45. The molecule has 1 heterocycles. The van der Waals surface area contributed by atoms with Crippen molar-refractivity contribution in [2.75, 3.05) is 5.01 Å². The van der Waals surface area contributed by atoms with E-state index in [9.17, 15) is 0 Å². The van der Waals surface area contributed by atoms with Crippen LogP contribution in [0.5, 0.6) is 0 Å². The van der Waals surface area contributed by atoms with E-state index in [-0.39, 0.29) is 0 Å². The molecule has 86 valence electrons. The molecule has 0 amide bonds. The lowest BCUT2D eigenvalue weighted by Crippen LogP contribution is -2.31. The van der Waals surface area contributed by atoms with Crippen LogP contribution in [0.1, 0.15) is 11.1 Å². The highest BCUT2D eigenvalue weighted by molar-refractivity contribution is 9.10. The Kier molecular flexibility index (Phi) is 2.87. The average molecular weight is 289 g/mol. The molecule has 0 aromatic heterocycles. The third kappa shape index (κ3) is 2.21. The highest BCUT2D eigenvalue weighted by Gasteiger charge is 2.18. The minimum atomic E-state index is 0.893. The summed E-state index contributed by atoms with van der Waals surface area (Å²) in [5.41, 5.74) is 7.34. The summed E-state index contributed by atoms with van der Waals surface area (Å²) in [5, 5.41) is 2.20. The summed E-state index contributed by atoms with van der Waals surface area (Å²) in [6.45, 7) is 1.81. The fourth-order valence-electron chi connectivity index (χ4n) is 2.11. The van der Waals surface area contributed by atoms with Crippen LogP contribution in [0.15, 0.2) is 53.0 Å². The lowest BCUT2D eigenvalue weighted by molar-refractivity contribution is 0.668. The number of nitrogens with zero attached hydrogens (tertiary/aromatic N) is 1. The molecule has 1 aliphatic rings. The second-order valence-electron chi connectivity index (χ2n) is 4.18. The maximum absolute atomic E-state index is 3.52. The molecule has 0 saturated carbocycles. The second kappa shape index (κ2) is 4.51. The molecule has 17 heavy (non-hydrogen) atoms. The van der Waals surface area contributed by atoms with Gasteiger partial charge in [-0.3, -0.25) is 0 Å². The van der Waals surface area contributed by atoms with Gasteiger partial charge in [0.05, 0.1) is 12.2 Å². The third-order valence-corrected chi connectivity index (χ3v) is 3.48. The first-order chi connectivity index (χ1) is 8.33. The fraction of sp³-hybridized carbons (Fsp3) is 0.143. The van der Waals surface area contributed by atoms with E-state index in [1.807, 2.05) is 6.07 Å². The van der Waals surface area contributed by atoms with E-state index in [1.165, 1.54) is 16.8 Å². The molecule has 3 rings (SSSR count). The van der Waals surface area contributed by atoms with Gasteiger partial charge in [-0.1, -0.05) is 52.3 Å². The topological polar surface area (TPSA) is 15.3 Å². The maximum Gasteiger partial charge on any atom is 0.0595 e. The average Bonchev–Trinajstić information content (AvgIpc) is 2.73. The number of halogens is 1. The molecule has 1 N–H and O–H groups in total. The Bertz CT molecular complexity index is 525. The summed E-state index contributed by atoms with van der Waals surface area (Å²) in [5.74, 6) is 0.